The van der Waals surface area contributed by atoms with E-state index in [2.05, 4.69) is 10.3 Å². The van der Waals surface area contributed by atoms with Crippen molar-refractivity contribution >= 4 is 45.0 Å². The quantitative estimate of drug-likeness (QED) is 0.731. The van der Waals surface area contributed by atoms with Gasteiger partial charge >= 0.3 is 6.09 Å². The van der Waals surface area contributed by atoms with Gasteiger partial charge in [0, 0.05) is 13.7 Å². The number of hydrogen-bond donors (Lipinski definition) is 1. The second-order valence-electron chi connectivity index (χ2n) is 7.43. The summed E-state index contributed by atoms with van der Waals surface area (Å²) in [6, 6.07) is 1.70. The number of carbonyl (C=O) groups is 1. The predicted octanol–water partition coefficient (Wildman–Crippen LogP) is 2.54. The molecule has 1 aromatic rings. The van der Waals surface area contributed by atoms with Crippen molar-refractivity contribution in [2.45, 2.75) is 43.6 Å². The summed E-state index contributed by atoms with van der Waals surface area (Å²) in [4.78, 5) is 17.5. The summed E-state index contributed by atoms with van der Waals surface area (Å²) in [7, 11) is -2.44. The van der Waals surface area contributed by atoms with Crippen LogP contribution < -0.4 is 5.32 Å². The Morgan fingerprint density at radius 2 is 2.22 bits per heavy atom. The molecule has 1 N–H and O–H groups in total. The van der Waals surface area contributed by atoms with Gasteiger partial charge < -0.3 is 9.47 Å². The average Bonchev–Trinajstić information content (AvgIpc) is 2.97. The normalized spacial score (nSPS) is 27.5. The fourth-order valence-electron chi connectivity index (χ4n) is 3.19. The molecule has 1 aromatic heterocycles. The van der Waals surface area contributed by atoms with Crippen molar-refractivity contribution in [3.05, 3.63) is 21.3 Å². The molecule has 2 atom stereocenters. The number of nitrogens with zero attached hydrogens (tertiary/aromatic N) is 2. The Bertz CT molecular complexity index is 877. The van der Waals surface area contributed by atoms with E-state index in [1.807, 2.05) is 0 Å². The molecule has 11 heteroatoms. The SMILES string of the molecule is CN1C(NC(=O)OC(C)(C)C)=N[C@@]2(c3sccc3Cl)COCCC2S1(=O)=O. The fourth-order valence-corrected chi connectivity index (χ4v) is 6.50. The number of amides is 1. The average molecular weight is 436 g/mol. The molecule has 150 valence electrons. The molecule has 1 unspecified atom stereocenters. The first-order valence-corrected chi connectivity index (χ1v) is 11.1. The maximum absolute atomic E-state index is 13.2. The number of ether oxygens (including phenoxy) is 2. The Labute approximate surface area is 167 Å². The number of rotatable bonds is 1. The van der Waals surface area contributed by atoms with Gasteiger partial charge in [0.25, 0.3) is 0 Å². The van der Waals surface area contributed by atoms with E-state index >= 15 is 0 Å². The van der Waals surface area contributed by atoms with E-state index in [1.54, 1.807) is 32.2 Å². The molecule has 0 bridgehead atoms. The molecule has 1 saturated heterocycles. The van der Waals surface area contributed by atoms with E-state index in [4.69, 9.17) is 21.1 Å². The minimum atomic E-state index is -3.80. The molecule has 0 aliphatic carbocycles. The van der Waals surface area contributed by atoms with E-state index in [9.17, 15) is 13.2 Å². The third-order valence-corrected chi connectivity index (χ3v) is 8.14. The largest absolute Gasteiger partial charge is 0.444 e. The van der Waals surface area contributed by atoms with E-state index in [-0.39, 0.29) is 19.0 Å². The van der Waals surface area contributed by atoms with Crippen molar-refractivity contribution in [1.29, 1.82) is 0 Å². The second kappa shape index (κ2) is 6.91. The van der Waals surface area contributed by atoms with Gasteiger partial charge in [0.2, 0.25) is 16.0 Å². The summed E-state index contributed by atoms with van der Waals surface area (Å²) in [6.45, 7) is 5.52. The minimum Gasteiger partial charge on any atom is -0.444 e. The van der Waals surface area contributed by atoms with Crippen LogP contribution in [-0.2, 0) is 25.0 Å². The highest BCUT2D eigenvalue weighted by Gasteiger charge is 2.56. The number of aliphatic imine (C=N–C) groups is 1. The molecule has 0 radical (unpaired) electrons. The van der Waals surface area contributed by atoms with Gasteiger partial charge in [0.15, 0.2) is 0 Å². The Morgan fingerprint density at radius 1 is 1.52 bits per heavy atom. The molecule has 2 aliphatic heterocycles. The summed E-state index contributed by atoms with van der Waals surface area (Å²) in [5.41, 5.74) is -1.94. The lowest BCUT2D eigenvalue weighted by Crippen LogP contribution is -2.62. The number of thiophene rings is 1. The summed E-state index contributed by atoms with van der Waals surface area (Å²) in [5, 5.41) is 3.84. The Morgan fingerprint density at radius 3 is 2.81 bits per heavy atom. The molecule has 2 aliphatic rings. The molecule has 3 heterocycles. The number of sulfonamides is 1. The molecule has 8 nitrogen and oxygen atoms in total. The third kappa shape index (κ3) is 3.67. The second-order valence-corrected chi connectivity index (χ2v) is 10.9. The van der Waals surface area contributed by atoms with Gasteiger partial charge in [0.1, 0.15) is 16.4 Å². The van der Waals surface area contributed by atoms with Crippen LogP contribution in [0.3, 0.4) is 0 Å². The number of fused-ring (bicyclic) bond motifs is 1. The van der Waals surface area contributed by atoms with Gasteiger partial charge in [-0.05, 0) is 38.6 Å². The first-order valence-electron chi connectivity index (χ1n) is 8.36. The third-order valence-electron chi connectivity index (χ3n) is 4.35. The van der Waals surface area contributed by atoms with Crippen LogP contribution in [0.25, 0.3) is 0 Å². The molecule has 27 heavy (non-hydrogen) atoms. The zero-order valence-corrected chi connectivity index (χ0v) is 17.9. The van der Waals surface area contributed by atoms with E-state index in [0.29, 0.717) is 16.5 Å². The van der Waals surface area contributed by atoms with Crippen LogP contribution in [0.5, 0.6) is 0 Å². The zero-order chi connectivity index (χ0) is 20.0. The topological polar surface area (TPSA) is 97.3 Å². The monoisotopic (exact) mass is 435 g/mol. The molecule has 0 spiro atoms. The highest BCUT2D eigenvalue weighted by molar-refractivity contribution is 7.90. The molecule has 0 saturated carbocycles. The van der Waals surface area contributed by atoms with Crippen molar-refractivity contribution in [1.82, 2.24) is 9.62 Å². The first kappa shape index (κ1) is 20.4. The zero-order valence-electron chi connectivity index (χ0n) is 15.5. The van der Waals surface area contributed by atoms with Gasteiger partial charge in [-0.25, -0.2) is 22.5 Å². The maximum atomic E-state index is 13.2. The lowest BCUT2D eigenvalue weighted by atomic mass is 9.90. The highest BCUT2D eigenvalue weighted by atomic mass is 35.5. The summed E-state index contributed by atoms with van der Waals surface area (Å²) in [6.07, 6.45) is -0.504. The number of nitrogens with one attached hydrogen (secondary N) is 1. The Hall–Kier alpha value is -1.36. The van der Waals surface area contributed by atoms with E-state index in [0.717, 1.165) is 4.31 Å². The predicted molar refractivity (Wildman–Crippen MR) is 104 cm³/mol. The number of alkyl carbamates (subject to hydrolysis) is 1. The Balaban J connectivity index is 2.09. The minimum absolute atomic E-state index is 0.0600. The maximum Gasteiger partial charge on any atom is 0.414 e. The van der Waals surface area contributed by atoms with Gasteiger partial charge in [-0.1, -0.05) is 11.6 Å². The molecule has 1 fully saturated rings. The lowest BCUT2D eigenvalue weighted by molar-refractivity contribution is 0.0380. The molecule has 0 aromatic carbocycles. The van der Waals surface area contributed by atoms with Gasteiger partial charge in [-0.2, -0.15) is 0 Å². The van der Waals surface area contributed by atoms with Crippen LogP contribution in [0.2, 0.25) is 5.02 Å². The van der Waals surface area contributed by atoms with Gasteiger partial charge in [-0.3, -0.25) is 5.32 Å². The van der Waals surface area contributed by atoms with Crippen LogP contribution in [0.1, 0.15) is 32.1 Å². The number of hydrogen-bond acceptors (Lipinski definition) is 7. The van der Waals surface area contributed by atoms with Crippen molar-refractivity contribution < 1.29 is 22.7 Å². The molecule has 3 rings (SSSR count). The standard InChI is InChI=1S/C16H22ClN3O5S2/c1-15(2,3)25-14(21)18-13-19-16(12-10(17)6-8-26-12)9-24-7-5-11(16)27(22,23)20(13)4/h6,8,11H,5,7,9H2,1-4H3,(H,18,19,21)/t11?,16-/m0/s1. The smallest absolute Gasteiger partial charge is 0.414 e. The summed E-state index contributed by atoms with van der Waals surface area (Å²) in [5.74, 6) is -0.115. The fraction of sp³-hybridized carbons (Fsp3) is 0.625. The molecular formula is C16H22ClN3O5S2. The Kier molecular flexibility index (Phi) is 5.21. The van der Waals surface area contributed by atoms with Crippen LogP contribution in [0.4, 0.5) is 4.79 Å². The van der Waals surface area contributed by atoms with Crippen molar-refractivity contribution in [2.24, 2.45) is 4.99 Å². The summed E-state index contributed by atoms with van der Waals surface area (Å²) >= 11 is 7.64. The van der Waals surface area contributed by atoms with Crippen molar-refractivity contribution in [3.63, 3.8) is 0 Å². The van der Waals surface area contributed by atoms with Crippen LogP contribution in [-0.4, -0.2) is 55.9 Å². The van der Waals surface area contributed by atoms with Crippen LogP contribution in [0, 0.1) is 0 Å². The number of halogens is 1. The highest BCUT2D eigenvalue weighted by Crippen LogP contribution is 2.47. The number of carbonyl (C=O) groups excluding carboxylic acids is 1. The van der Waals surface area contributed by atoms with Crippen molar-refractivity contribution in [3.8, 4) is 0 Å². The summed E-state index contributed by atoms with van der Waals surface area (Å²) < 4.78 is 38.2. The van der Waals surface area contributed by atoms with Gasteiger partial charge in [0.05, 0.1) is 16.5 Å². The molecular weight excluding hydrogens is 414 g/mol. The van der Waals surface area contributed by atoms with Gasteiger partial charge in [-0.15, -0.1) is 11.3 Å². The van der Waals surface area contributed by atoms with Crippen molar-refractivity contribution in [2.75, 3.05) is 20.3 Å². The molecule has 1 amide bonds. The number of guanidine groups is 1. The van der Waals surface area contributed by atoms with Crippen LogP contribution >= 0.6 is 22.9 Å². The lowest BCUT2D eigenvalue weighted by Gasteiger charge is -2.45. The van der Waals surface area contributed by atoms with E-state index < -0.39 is 32.5 Å². The van der Waals surface area contributed by atoms with Crippen LogP contribution in [0.15, 0.2) is 16.4 Å². The van der Waals surface area contributed by atoms with E-state index in [1.165, 1.54) is 18.4 Å². The first-order chi connectivity index (χ1) is 12.5.